The third-order valence-electron chi connectivity index (χ3n) is 4.42. The first kappa shape index (κ1) is 16.2. The quantitative estimate of drug-likeness (QED) is 0.873. The highest BCUT2D eigenvalue weighted by molar-refractivity contribution is 5.89. The predicted molar refractivity (Wildman–Crippen MR) is 86.6 cm³/mol. The normalized spacial score (nSPS) is 17.2. The number of hydrogen-bond donors (Lipinski definition) is 1. The maximum absolute atomic E-state index is 12.3. The molecule has 7 heteroatoms. The van der Waals surface area contributed by atoms with Gasteiger partial charge in [-0.05, 0) is 24.5 Å². The maximum Gasteiger partial charge on any atom is 0.335 e. The van der Waals surface area contributed by atoms with Crippen molar-refractivity contribution >= 4 is 11.9 Å². The van der Waals surface area contributed by atoms with E-state index in [0.29, 0.717) is 31.6 Å². The van der Waals surface area contributed by atoms with E-state index in [1.165, 1.54) is 6.33 Å². The third-order valence-corrected chi connectivity index (χ3v) is 4.42. The van der Waals surface area contributed by atoms with Crippen molar-refractivity contribution in [3.8, 4) is 0 Å². The molecule has 1 aliphatic rings. The van der Waals surface area contributed by atoms with E-state index < -0.39 is 5.97 Å². The van der Waals surface area contributed by atoms with Crippen LogP contribution in [0.2, 0.25) is 0 Å². The Morgan fingerprint density at radius 3 is 2.88 bits per heavy atom. The first-order valence-corrected chi connectivity index (χ1v) is 8.07. The van der Waals surface area contributed by atoms with Gasteiger partial charge in [-0.15, -0.1) is 0 Å². The zero-order valence-corrected chi connectivity index (χ0v) is 13.3. The Morgan fingerprint density at radius 2 is 2.12 bits per heavy atom. The van der Waals surface area contributed by atoms with Crippen LogP contribution in [-0.4, -0.2) is 49.7 Å². The zero-order chi connectivity index (χ0) is 16.9. The number of carbonyl (C=O) groups is 2. The Kier molecular flexibility index (Phi) is 4.88. The minimum Gasteiger partial charge on any atom is -0.478 e. The molecule has 1 unspecified atom stereocenters. The SMILES string of the molecule is O=C(O)c1ccccc1C1CCN(C(=O)CCCn2cncn2)C1. The van der Waals surface area contributed by atoms with Gasteiger partial charge in [-0.2, -0.15) is 5.10 Å². The lowest BCUT2D eigenvalue weighted by atomic mass is 9.93. The molecule has 1 aromatic heterocycles. The molecule has 1 aromatic carbocycles. The molecular weight excluding hydrogens is 308 g/mol. The molecular formula is C17H20N4O3. The Hall–Kier alpha value is -2.70. The topological polar surface area (TPSA) is 88.3 Å². The van der Waals surface area contributed by atoms with Crippen LogP contribution in [0.15, 0.2) is 36.9 Å². The number of carboxylic acids is 1. The summed E-state index contributed by atoms with van der Waals surface area (Å²) in [6.45, 7) is 1.94. The molecule has 0 bridgehead atoms. The van der Waals surface area contributed by atoms with E-state index in [-0.39, 0.29) is 11.8 Å². The van der Waals surface area contributed by atoms with E-state index in [1.807, 2.05) is 17.0 Å². The van der Waals surface area contributed by atoms with Gasteiger partial charge in [-0.25, -0.2) is 9.78 Å². The zero-order valence-electron chi connectivity index (χ0n) is 13.3. The lowest BCUT2D eigenvalue weighted by Gasteiger charge is -2.17. The first-order chi connectivity index (χ1) is 11.6. The van der Waals surface area contributed by atoms with Crippen LogP contribution in [0.4, 0.5) is 0 Å². The summed E-state index contributed by atoms with van der Waals surface area (Å²) in [7, 11) is 0. The van der Waals surface area contributed by atoms with Crippen LogP contribution in [0.3, 0.4) is 0 Å². The predicted octanol–water partition coefficient (Wildman–Crippen LogP) is 1.77. The molecule has 0 saturated carbocycles. The van der Waals surface area contributed by atoms with Crippen LogP contribution in [0.1, 0.15) is 41.1 Å². The number of carbonyl (C=O) groups excluding carboxylic acids is 1. The summed E-state index contributed by atoms with van der Waals surface area (Å²) < 4.78 is 1.71. The van der Waals surface area contributed by atoms with Crippen LogP contribution >= 0.6 is 0 Å². The third kappa shape index (κ3) is 3.61. The standard InChI is InChI=1S/C17H20N4O3/c22-16(6-3-8-21-12-18-11-19-21)20-9-7-13(10-20)14-4-1-2-5-15(14)17(23)24/h1-2,4-5,11-13H,3,6-10H2,(H,23,24). The number of hydrogen-bond acceptors (Lipinski definition) is 4. The van der Waals surface area contributed by atoms with Crippen molar-refractivity contribution in [1.29, 1.82) is 0 Å². The molecule has 1 fully saturated rings. The lowest BCUT2D eigenvalue weighted by Crippen LogP contribution is -2.28. The van der Waals surface area contributed by atoms with Crippen LogP contribution in [0.5, 0.6) is 0 Å². The molecule has 126 valence electrons. The van der Waals surface area contributed by atoms with Gasteiger partial charge in [0.2, 0.25) is 5.91 Å². The van der Waals surface area contributed by atoms with Crippen LogP contribution in [0, 0.1) is 0 Å². The first-order valence-electron chi connectivity index (χ1n) is 8.07. The van der Waals surface area contributed by atoms with Crippen molar-refractivity contribution in [3.63, 3.8) is 0 Å². The Morgan fingerprint density at radius 1 is 1.29 bits per heavy atom. The molecule has 2 aromatic rings. The second kappa shape index (κ2) is 7.25. The Labute approximate surface area is 139 Å². The van der Waals surface area contributed by atoms with Crippen LogP contribution in [0.25, 0.3) is 0 Å². The number of likely N-dealkylation sites (tertiary alicyclic amines) is 1. The molecule has 24 heavy (non-hydrogen) atoms. The molecule has 1 saturated heterocycles. The van der Waals surface area contributed by atoms with Gasteiger partial charge in [-0.3, -0.25) is 9.48 Å². The number of rotatable bonds is 6. The van der Waals surface area contributed by atoms with Crippen LogP contribution < -0.4 is 0 Å². The Bertz CT molecular complexity index is 714. The second-order valence-corrected chi connectivity index (χ2v) is 5.98. The van der Waals surface area contributed by atoms with Gasteiger partial charge in [0.05, 0.1) is 5.56 Å². The number of nitrogens with zero attached hydrogens (tertiary/aromatic N) is 4. The van der Waals surface area contributed by atoms with Crippen LogP contribution in [-0.2, 0) is 11.3 Å². The number of aryl methyl sites for hydroxylation is 1. The summed E-state index contributed by atoms with van der Waals surface area (Å²) in [5.41, 5.74) is 1.16. The highest BCUT2D eigenvalue weighted by Crippen LogP contribution is 2.30. The highest BCUT2D eigenvalue weighted by atomic mass is 16.4. The highest BCUT2D eigenvalue weighted by Gasteiger charge is 2.29. The molecule has 1 atom stereocenters. The molecule has 1 aliphatic heterocycles. The largest absolute Gasteiger partial charge is 0.478 e. The van der Waals surface area contributed by atoms with Gasteiger partial charge in [0.25, 0.3) is 0 Å². The summed E-state index contributed by atoms with van der Waals surface area (Å²) in [6, 6.07) is 7.06. The fourth-order valence-electron chi connectivity index (χ4n) is 3.19. The molecule has 3 rings (SSSR count). The van der Waals surface area contributed by atoms with Gasteiger partial charge in [0.1, 0.15) is 12.7 Å². The van der Waals surface area contributed by atoms with Crippen molar-refractivity contribution < 1.29 is 14.7 Å². The number of carboxylic acid groups (broad SMARTS) is 1. The van der Waals surface area contributed by atoms with Crippen molar-refractivity contribution in [2.24, 2.45) is 0 Å². The summed E-state index contributed by atoms with van der Waals surface area (Å²) in [4.78, 5) is 29.4. The number of aromatic carboxylic acids is 1. The van der Waals surface area contributed by atoms with E-state index in [1.54, 1.807) is 23.1 Å². The fourth-order valence-corrected chi connectivity index (χ4v) is 3.19. The van der Waals surface area contributed by atoms with Gasteiger partial charge in [-0.1, -0.05) is 18.2 Å². The minimum absolute atomic E-state index is 0.0940. The Balaban J connectivity index is 1.55. The molecule has 1 N–H and O–H groups in total. The van der Waals surface area contributed by atoms with E-state index in [0.717, 1.165) is 18.4 Å². The fraction of sp³-hybridized carbons (Fsp3) is 0.412. The summed E-state index contributed by atoms with van der Waals surface area (Å²) >= 11 is 0. The number of benzene rings is 1. The van der Waals surface area contributed by atoms with Crippen molar-refractivity contribution in [2.45, 2.75) is 31.7 Å². The van der Waals surface area contributed by atoms with E-state index in [2.05, 4.69) is 10.1 Å². The minimum atomic E-state index is -0.914. The molecule has 0 spiro atoms. The molecule has 0 aliphatic carbocycles. The van der Waals surface area contributed by atoms with Crippen molar-refractivity contribution in [2.75, 3.05) is 13.1 Å². The average molecular weight is 328 g/mol. The van der Waals surface area contributed by atoms with Gasteiger partial charge < -0.3 is 10.0 Å². The smallest absolute Gasteiger partial charge is 0.335 e. The molecule has 0 radical (unpaired) electrons. The molecule has 7 nitrogen and oxygen atoms in total. The summed E-state index contributed by atoms with van der Waals surface area (Å²) in [5, 5.41) is 13.3. The van der Waals surface area contributed by atoms with Gasteiger partial charge >= 0.3 is 5.97 Å². The van der Waals surface area contributed by atoms with E-state index in [4.69, 9.17) is 0 Å². The second-order valence-electron chi connectivity index (χ2n) is 5.98. The van der Waals surface area contributed by atoms with E-state index >= 15 is 0 Å². The average Bonchev–Trinajstić information content (AvgIpc) is 3.26. The van der Waals surface area contributed by atoms with Crippen molar-refractivity contribution in [3.05, 3.63) is 48.0 Å². The maximum atomic E-state index is 12.3. The number of amides is 1. The summed E-state index contributed by atoms with van der Waals surface area (Å²) in [6.07, 6.45) is 5.10. The lowest BCUT2D eigenvalue weighted by molar-refractivity contribution is -0.130. The van der Waals surface area contributed by atoms with Gasteiger partial charge in [0.15, 0.2) is 0 Å². The number of aromatic nitrogens is 3. The van der Waals surface area contributed by atoms with Crippen molar-refractivity contribution in [1.82, 2.24) is 19.7 Å². The monoisotopic (exact) mass is 328 g/mol. The molecule has 1 amide bonds. The van der Waals surface area contributed by atoms with Gasteiger partial charge in [0, 0.05) is 32.0 Å². The summed E-state index contributed by atoms with van der Waals surface area (Å²) in [5.74, 6) is -0.704. The molecule has 2 heterocycles. The van der Waals surface area contributed by atoms with E-state index in [9.17, 15) is 14.7 Å².